The van der Waals surface area contributed by atoms with Crippen LogP contribution in [0.2, 0.25) is 0 Å². The van der Waals surface area contributed by atoms with Crippen LogP contribution in [-0.2, 0) is 19.1 Å². The van der Waals surface area contributed by atoms with Crippen LogP contribution in [0.1, 0.15) is 30.5 Å². The maximum absolute atomic E-state index is 12.0. The predicted octanol–water partition coefficient (Wildman–Crippen LogP) is 1.60. The van der Waals surface area contributed by atoms with Gasteiger partial charge in [-0.05, 0) is 39.0 Å². The minimum absolute atomic E-state index is 0.0471. The molecule has 0 bridgehead atoms. The second-order valence-corrected chi connectivity index (χ2v) is 5.96. The standard InChI is InChI=1S/C15H20N2O4S/c1-5-21-15(20)13(8-12-7-6-9(2)22-12)17-14(19)10(3)16-11(4)18/h6-8,10H,5H2,1-4H3,(H,16,18)(H,17,19)/b13-8+/t10-/m0/s1. The summed E-state index contributed by atoms with van der Waals surface area (Å²) >= 11 is 1.49. The van der Waals surface area contributed by atoms with Crippen molar-refractivity contribution in [2.24, 2.45) is 0 Å². The highest BCUT2D eigenvalue weighted by Crippen LogP contribution is 2.18. The van der Waals surface area contributed by atoms with Crippen molar-refractivity contribution in [3.63, 3.8) is 0 Å². The number of nitrogens with one attached hydrogen (secondary N) is 2. The minimum Gasteiger partial charge on any atom is -0.461 e. The Morgan fingerprint density at radius 1 is 1.36 bits per heavy atom. The van der Waals surface area contributed by atoms with Gasteiger partial charge in [0, 0.05) is 16.7 Å². The van der Waals surface area contributed by atoms with Crippen LogP contribution in [-0.4, -0.2) is 30.4 Å². The summed E-state index contributed by atoms with van der Waals surface area (Å²) in [5.41, 5.74) is 0.0471. The van der Waals surface area contributed by atoms with Crippen molar-refractivity contribution >= 4 is 35.2 Å². The number of carbonyl (C=O) groups excluding carboxylic acids is 3. The van der Waals surface area contributed by atoms with Crippen molar-refractivity contribution in [2.45, 2.75) is 33.7 Å². The third-order valence-corrected chi connectivity index (χ3v) is 3.56. The van der Waals surface area contributed by atoms with Gasteiger partial charge < -0.3 is 15.4 Å². The van der Waals surface area contributed by atoms with Gasteiger partial charge in [0.05, 0.1) is 6.61 Å². The molecule has 7 heteroatoms. The van der Waals surface area contributed by atoms with Crippen LogP contribution < -0.4 is 10.6 Å². The van der Waals surface area contributed by atoms with Gasteiger partial charge in [0.15, 0.2) is 0 Å². The fourth-order valence-corrected chi connectivity index (χ4v) is 2.46. The molecule has 0 aliphatic carbocycles. The van der Waals surface area contributed by atoms with Crippen molar-refractivity contribution in [1.29, 1.82) is 0 Å². The summed E-state index contributed by atoms with van der Waals surface area (Å²) in [6.07, 6.45) is 1.56. The van der Waals surface area contributed by atoms with Gasteiger partial charge in [-0.25, -0.2) is 4.79 Å². The number of aryl methyl sites for hydroxylation is 1. The molecule has 2 N–H and O–H groups in total. The van der Waals surface area contributed by atoms with Crippen LogP contribution >= 0.6 is 11.3 Å². The largest absolute Gasteiger partial charge is 0.461 e. The molecule has 0 spiro atoms. The van der Waals surface area contributed by atoms with E-state index in [1.165, 1.54) is 25.2 Å². The normalized spacial score (nSPS) is 12.5. The lowest BCUT2D eigenvalue weighted by Gasteiger charge is -2.14. The molecule has 0 saturated heterocycles. The number of hydrogen-bond acceptors (Lipinski definition) is 5. The molecule has 0 radical (unpaired) electrons. The summed E-state index contributed by atoms with van der Waals surface area (Å²) in [6.45, 7) is 6.70. The molecule has 120 valence electrons. The Kier molecular flexibility index (Phi) is 6.78. The molecule has 1 aromatic rings. The van der Waals surface area contributed by atoms with E-state index in [2.05, 4.69) is 10.6 Å². The molecular formula is C15H20N2O4S. The van der Waals surface area contributed by atoms with Crippen molar-refractivity contribution in [1.82, 2.24) is 10.6 Å². The lowest BCUT2D eigenvalue weighted by molar-refractivity contribution is -0.140. The third kappa shape index (κ3) is 5.69. The number of ether oxygens (including phenoxy) is 1. The molecule has 0 saturated carbocycles. The number of esters is 1. The second-order valence-electron chi connectivity index (χ2n) is 4.64. The number of carbonyl (C=O) groups is 3. The molecule has 1 aromatic heterocycles. The maximum Gasteiger partial charge on any atom is 0.354 e. The van der Waals surface area contributed by atoms with E-state index >= 15 is 0 Å². The average Bonchev–Trinajstić information content (AvgIpc) is 2.82. The van der Waals surface area contributed by atoms with Gasteiger partial charge in [0.1, 0.15) is 11.7 Å². The first kappa shape index (κ1) is 17.9. The second kappa shape index (κ2) is 8.33. The first-order chi connectivity index (χ1) is 10.3. The topological polar surface area (TPSA) is 84.5 Å². The van der Waals surface area contributed by atoms with E-state index in [1.54, 1.807) is 13.0 Å². The summed E-state index contributed by atoms with van der Waals surface area (Å²) in [5.74, 6) is -1.42. The molecule has 0 aliphatic heterocycles. The molecule has 22 heavy (non-hydrogen) atoms. The molecule has 0 fully saturated rings. The average molecular weight is 324 g/mol. The Bertz CT molecular complexity index is 592. The molecule has 0 aromatic carbocycles. The van der Waals surface area contributed by atoms with Crippen molar-refractivity contribution in [2.75, 3.05) is 6.61 Å². The van der Waals surface area contributed by atoms with Crippen LogP contribution in [0.5, 0.6) is 0 Å². The van der Waals surface area contributed by atoms with Crippen molar-refractivity contribution < 1.29 is 19.1 Å². The monoisotopic (exact) mass is 324 g/mol. The van der Waals surface area contributed by atoms with Gasteiger partial charge in [-0.1, -0.05) is 0 Å². The molecule has 2 amide bonds. The Labute approximate surface area is 133 Å². The van der Waals surface area contributed by atoms with E-state index in [4.69, 9.17) is 4.74 Å². The van der Waals surface area contributed by atoms with Crippen LogP contribution in [0.4, 0.5) is 0 Å². The zero-order valence-corrected chi connectivity index (χ0v) is 13.9. The Morgan fingerprint density at radius 3 is 2.55 bits per heavy atom. The van der Waals surface area contributed by atoms with E-state index in [0.717, 1.165) is 9.75 Å². The summed E-state index contributed by atoms with van der Waals surface area (Å²) in [6, 6.07) is 3.02. The maximum atomic E-state index is 12.0. The number of thiophene rings is 1. The molecule has 6 nitrogen and oxygen atoms in total. The zero-order chi connectivity index (χ0) is 16.7. The Morgan fingerprint density at radius 2 is 2.05 bits per heavy atom. The van der Waals surface area contributed by atoms with Gasteiger partial charge in [-0.15, -0.1) is 11.3 Å². The van der Waals surface area contributed by atoms with E-state index in [9.17, 15) is 14.4 Å². The number of rotatable bonds is 6. The Hall–Kier alpha value is -2.15. The van der Waals surface area contributed by atoms with Crippen molar-refractivity contribution in [3.8, 4) is 0 Å². The van der Waals surface area contributed by atoms with Gasteiger partial charge in [-0.3, -0.25) is 9.59 Å². The lowest BCUT2D eigenvalue weighted by atomic mass is 10.2. The van der Waals surface area contributed by atoms with Gasteiger partial charge in [0.25, 0.3) is 0 Å². The first-order valence-corrected chi connectivity index (χ1v) is 7.68. The highest BCUT2D eigenvalue weighted by Gasteiger charge is 2.19. The van der Waals surface area contributed by atoms with Crippen LogP contribution in [0, 0.1) is 6.92 Å². The van der Waals surface area contributed by atoms with E-state index in [0.29, 0.717) is 0 Å². The molecule has 1 rings (SSSR count). The quantitative estimate of drug-likeness (QED) is 0.615. The predicted molar refractivity (Wildman–Crippen MR) is 85.1 cm³/mol. The van der Waals surface area contributed by atoms with E-state index in [-0.39, 0.29) is 18.2 Å². The van der Waals surface area contributed by atoms with Crippen LogP contribution in [0.25, 0.3) is 6.08 Å². The van der Waals surface area contributed by atoms with E-state index < -0.39 is 17.9 Å². The number of amides is 2. The first-order valence-electron chi connectivity index (χ1n) is 6.86. The minimum atomic E-state index is -0.750. The molecule has 1 heterocycles. The van der Waals surface area contributed by atoms with Crippen LogP contribution in [0.15, 0.2) is 17.8 Å². The molecular weight excluding hydrogens is 304 g/mol. The lowest BCUT2D eigenvalue weighted by Crippen LogP contribution is -2.44. The highest BCUT2D eigenvalue weighted by atomic mass is 32.1. The fraction of sp³-hybridized carbons (Fsp3) is 0.400. The summed E-state index contributed by atoms with van der Waals surface area (Å²) < 4.78 is 4.94. The van der Waals surface area contributed by atoms with Gasteiger partial charge in [0.2, 0.25) is 11.8 Å². The highest BCUT2D eigenvalue weighted by molar-refractivity contribution is 7.12. The molecule has 1 atom stereocenters. The van der Waals surface area contributed by atoms with Crippen molar-refractivity contribution in [3.05, 3.63) is 27.6 Å². The Balaban J connectivity index is 2.91. The number of hydrogen-bond donors (Lipinski definition) is 2. The summed E-state index contributed by atoms with van der Waals surface area (Å²) in [4.78, 5) is 36.9. The van der Waals surface area contributed by atoms with Gasteiger partial charge in [-0.2, -0.15) is 0 Å². The van der Waals surface area contributed by atoms with E-state index in [1.807, 2.05) is 19.1 Å². The van der Waals surface area contributed by atoms with Gasteiger partial charge >= 0.3 is 5.97 Å². The molecule has 0 aliphatic rings. The van der Waals surface area contributed by atoms with Crippen LogP contribution in [0.3, 0.4) is 0 Å². The zero-order valence-electron chi connectivity index (χ0n) is 13.1. The summed E-state index contributed by atoms with van der Waals surface area (Å²) in [7, 11) is 0. The smallest absolute Gasteiger partial charge is 0.354 e. The summed E-state index contributed by atoms with van der Waals surface area (Å²) in [5, 5.41) is 4.96. The third-order valence-electron chi connectivity index (χ3n) is 2.61. The fourth-order valence-electron chi connectivity index (χ4n) is 1.64. The molecule has 0 unspecified atom stereocenters. The SMILES string of the molecule is CCOC(=O)/C(=C\c1ccc(C)s1)NC(=O)[C@H](C)NC(C)=O.